The lowest BCUT2D eigenvalue weighted by molar-refractivity contribution is -0.0179. The summed E-state index contributed by atoms with van der Waals surface area (Å²) >= 11 is 0. The number of ether oxygens (including phenoxy) is 6. The molecule has 0 saturated carbocycles. The largest absolute Gasteiger partial charge is 0.497 e. The van der Waals surface area contributed by atoms with Gasteiger partial charge in [0.2, 0.25) is 0 Å². The van der Waals surface area contributed by atoms with Crippen molar-refractivity contribution in [3.63, 3.8) is 0 Å². The van der Waals surface area contributed by atoms with Crippen molar-refractivity contribution in [2.45, 2.75) is 12.2 Å². The molecule has 2 aromatic rings. The Balaban J connectivity index is 1.75. The van der Waals surface area contributed by atoms with Crippen LogP contribution in [0.25, 0.3) is 0 Å². The summed E-state index contributed by atoms with van der Waals surface area (Å²) in [7, 11) is 4.52. The van der Waals surface area contributed by atoms with Crippen LogP contribution in [0.4, 0.5) is 0 Å². The van der Waals surface area contributed by atoms with Crippen molar-refractivity contribution >= 4 is 22.7 Å². The second-order valence-electron chi connectivity index (χ2n) is 6.79. The van der Waals surface area contributed by atoms with E-state index in [9.17, 15) is 13.8 Å². The number of carbonyl (C=O) groups excluding carboxylic acids is 2. The van der Waals surface area contributed by atoms with E-state index >= 15 is 0 Å². The van der Waals surface area contributed by atoms with Crippen LogP contribution in [0.2, 0.25) is 0 Å². The van der Waals surface area contributed by atoms with Gasteiger partial charge in [0.1, 0.15) is 34.1 Å². The zero-order chi connectivity index (χ0) is 23.3. The van der Waals surface area contributed by atoms with Gasteiger partial charge in [-0.05, 0) is 24.3 Å². The molecule has 0 bridgehead atoms. The molecule has 172 valence electrons. The summed E-state index contributed by atoms with van der Waals surface area (Å²) in [6, 6.07) is 9.32. The molecule has 3 rings (SSSR count). The highest BCUT2D eigenvalue weighted by Gasteiger charge is 2.39. The Kier molecular flexibility index (Phi) is 7.57. The van der Waals surface area contributed by atoms with Gasteiger partial charge in [-0.15, -0.1) is 0 Å². The molecule has 1 aliphatic heterocycles. The maximum absolute atomic E-state index is 12.7. The topological polar surface area (TPSA) is 107 Å². The summed E-state index contributed by atoms with van der Waals surface area (Å²) in [5.74, 6) is 0.313. The number of rotatable bonds is 8. The van der Waals surface area contributed by atoms with E-state index in [0.717, 1.165) is 0 Å². The number of methoxy groups -OCH3 is 4. The number of benzene rings is 2. The van der Waals surface area contributed by atoms with Crippen molar-refractivity contribution in [2.24, 2.45) is 0 Å². The van der Waals surface area contributed by atoms with Crippen LogP contribution in [0.15, 0.2) is 36.4 Å². The number of carbonyl (C=O) groups is 2. The van der Waals surface area contributed by atoms with E-state index in [-0.39, 0.29) is 34.1 Å². The van der Waals surface area contributed by atoms with E-state index in [1.807, 2.05) is 0 Å². The first-order valence-corrected chi connectivity index (χ1v) is 11.1. The fourth-order valence-corrected chi connectivity index (χ4v) is 4.64. The predicted octanol–water partition coefficient (Wildman–Crippen LogP) is 2.23. The minimum atomic E-state index is -1.31. The minimum absolute atomic E-state index is 0.0574. The molecule has 0 N–H and O–H groups in total. The zero-order valence-corrected chi connectivity index (χ0v) is 18.9. The van der Waals surface area contributed by atoms with E-state index in [0.29, 0.717) is 11.5 Å². The summed E-state index contributed by atoms with van der Waals surface area (Å²) in [6.45, 7) is 0. The molecular weight excluding hydrogens is 440 g/mol. The third-order valence-corrected chi connectivity index (χ3v) is 6.29. The lowest BCUT2D eigenvalue weighted by Crippen LogP contribution is -2.34. The highest BCUT2D eigenvalue weighted by Crippen LogP contribution is 2.29. The Morgan fingerprint density at radius 1 is 0.719 bits per heavy atom. The van der Waals surface area contributed by atoms with Gasteiger partial charge >= 0.3 is 11.9 Å². The normalized spacial score (nSPS) is 19.7. The van der Waals surface area contributed by atoms with Gasteiger partial charge in [0.25, 0.3) is 0 Å². The van der Waals surface area contributed by atoms with Crippen LogP contribution >= 0.6 is 0 Å². The van der Waals surface area contributed by atoms with Gasteiger partial charge in [-0.25, -0.2) is 9.59 Å². The van der Waals surface area contributed by atoms with Crippen molar-refractivity contribution in [3.8, 4) is 23.0 Å². The van der Waals surface area contributed by atoms with Crippen molar-refractivity contribution in [2.75, 3.05) is 39.9 Å². The monoisotopic (exact) mass is 464 g/mol. The number of hydrogen-bond donors (Lipinski definition) is 0. The second-order valence-corrected chi connectivity index (χ2v) is 8.34. The van der Waals surface area contributed by atoms with E-state index < -0.39 is 34.9 Å². The van der Waals surface area contributed by atoms with Gasteiger partial charge in [-0.3, -0.25) is 4.21 Å². The average Bonchev–Trinajstić information content (AvgIpc) is 3.15. The zero-order valence-electron chi connectivity index (χ0n) is 18.1. The number of esters is 2. The van der Waals surface area contributed by atoms with Gasteiger partial charge in [0.05, 0.1) is 39.9 Å². The quantitative estimate of drug-likeness (QED) is 0.544. The van der Waals surface area contributed by atoms with E-state index in [1.165, 1.54) is 40.6 Å². The smallest absolute Gasteiger partial charge is 0.342 e. The SMILES string of the molecule is COc1ccc(C(=O)O[C@H]2CS(=O)C[C@H]2OC(=O)c2ccc(OC)cc2OC)c(OC)c1. The first-order valence-electron chi connectivity index (χ1n) is 9.61. The highest BCUT2D eigenvalue weighted by atomic mass is 32.2. The van der Waals surface area contributed by atoms with Crippen molar-refractivity contribution in [3.05, 3.63) is 47.5 Å². The summed E-state index contributed by atoms with van der Waals surface area (Å²) < 4.78 is 44.0. The standard InChI is InChI=1S/C22H24O9S/c1-26-13-5-7-15(17(9-13)28-3)21(23)30-19-11-32(25)12-20(19)31-22(24)16-8-6-14(27-2)10-18(16)29-4/h5-10,19-20H,11-12H2,1-4H3/t19-,20+,32?. The third-order valence-electron chi connectivity index (χ3n) is 4.89. The highest BCUT2D eigenvalue weighted by molar-refractivity contribution is 7.85. The summed E-state index contributed by atoms with van der Waals surface area (Å²) in [5.41, 5.74) is 0.348. The van der Waals surface area contributed by atoms with Crippen molar-refractivity contribution in [1.29, 1.82) is 0 Å². The molecule has 0 amide bonds. The van der Waals surface area contributed by atoms with Crippen LogP contribution in [0.1, 0.15) is 20.7 Å². The molecule has 0 spiro atoms. The van der Waals surface area contributed by atoms with Gasteiger partial charge < -0.3 is 28.4 Å². The van der Waals surface area contributed by atoms with E-state index in [1.54, 1.807) is 24.3 Å². The van der Waals surface area contributed by atoms with Gasteiger partial charge in [0, 0.05) is 22.9 Å². The first-order chi connectivity index (χ1) is 15.4. The van der Waals surface area contributed by atoms with E-state index in [4.69, 9.17) is 28.4 Å². The molecule has 0 aromatic heterocycles. The summed E-state index contributed by atoms with van der Waals surface area (Å²) in [6.07, 6.45) is -1.74. The maximum Gasteiger partial charge on any atom is 0.342 e. The first kappa shape index (κ1) is 23.4. The molecule has 0 aliphatic carbocycles. The lowest BCUT2D eigenvalue weighted by Gasteiger charge is -2.20. The van der Waals surface area contributed by atoms with Crippen LogP contribution in [-0.4, -0.2) is 68.3 Å². The Bertz CT molecular complexity index is 941. The molecule has 1 saturated heterocycles. The maximum atomic E-state index is 12.7. The van der Waals surface area contributed by atoms with Crippen molar-refractivity contribution in [1.82, 2.24) is 0 Å². The molecule has 32 heavy (non-hydrogen) atoms. The molecule has 1 fully saturated rings. The van der Waals surface area contributed by atoms with Crippen LogP contribution in [0, 0.1) is 0 Å². The molecule has 1 aliphatic rings. The minimum Gasteiger partial charge on any atom is -0.497 e. The summed E-state index contributed by atoms with van der Waals surface area (Å²) in [5, 5.41) is 0. The Morgan fingerprint density at radius 2 is 1.12 bits per heavy atom. The van der Waals surface area contributed by atoms with Crippen LogP contribution < -0.4 is 18.9 Å². The molecular formula is C22H24O9S. The molecule has 10 heteroatoms. The van der Waals surface area contributed by atoms with Crippen LogP contribution in [-0.2, 0) is 20.3 Å². The number of hydrogen-bond acceptors (Lipinski definition) is 9. The predicted molar refractivity (Wildman–Crippen MR) is 115 cm³/mol. The van der Waals surface area contributed by atoms with Gasteiger partial charge in [-0.2, -0.15) is 0 Å². The molecule has 3 atom stereocenters. The molecule has 1 heterocycles. The van der Waals surface area contributed by atoms with Crippen LogP contribution in [0.3, 0.4) is 0 Å². The molecule has 2 aromatic carbocycles. The lowest BCUT2D eigenvalue weighted by atomic mass is 10.1. The van der Waals surface area contributed by atoms with E-state index in [2.05, 4.69) is 0 Å². The van der Waals surface area contributed by atoms with Gasteiger partial charge in [-0.1, -0.05) is 0 Å². The molecule has 1 unspecified atom stereocenters. The Hall–Kier alpha value is -3.27. The summed E-state index contributed by atoms with van der Waals surface area (Å²) in [4.78, 5) is 25.5. The average molecular weight is 464 g/mol. The molecule has 9 nitrogen and oxygen atoms in total. The van der Waals surface area contributed by atoms with Crippen LogP contribution in [0.5, 0.6) is 23.0 Å². The Labute approximate surface area is 188 Å². The van der Waals surface area contributed by atoms with Crippen molar-refractivity contribution < 1.29 is 42.2 Å². The Morgan fingerprint density at radius 3 is 1.47 bits per heavy atom. The molecule has 0 radical (unpaired) electrons. The second kappa shape index (κ2) is 10.4. The fourth-order valence-electron chi connectivity index (χ4n) is 3.21. The van der Waals surface area contributed by atoms with Gasteiger partial charge in [0.15, 0.2) is 12.2 Å². The third kappa shape index (κ3) is 5.13. The fraction of sp³-hybridized carbons (Fsp3) is 0.364.